The molecule has 90 valence electrons. The number of para-hydroxylation sites is 1. The Balaban J connectivity index is 2.71. The molecule has 0 spiro atoms. The van der Waals surface area contributed by atoms with Crippen LogP contribution in [0.15, 0.2) is 29.2 Å². The van der Waals surface area contributed by atoms with Gasteiger partial charge in [-0.2, -0.15) is 0 Å². The highest BCUT2D eigenvalue weighted by Gasteiger charge is 2.12. The fourth-order valence-corrected chi connectivity index (χ4v) is 3.84. The predicted octanol–water partition coefficient (Wildman–Crippen LogP) is 0.811. The summed E-state index contributed by atoms with van der Waals surface area (Å²) in [5.74, 6) is 0.114. The van der Waals surface area contributed by atoms with Gasteiger partial charge in [-0.25, -0.2) is 8.42 Å². The zero-order valence-corrected chi connectivity index (χ0v) is 10.7. The molecule has 4 nitrogen and oxygen atoms in total. The molecule has 1 atom stereocenters. The molecule has 0 saturated carbocycles. The third-order valence-electron chi connectivity index (χ3n) is 2.18. The van der Waals surface area contributed by atoms with E-state index in [0.29, 0.717) is 10.6 Å². The molecule has 1 aromatic rings. The Morgan fingerprint density at radius 3 is 2.50 bits per heavy atom. The number of sulfone groups is 1. The summed E-state index contributed by atoms with van der Waals surface area (Å²) in [5, 5.41) is 0. The Morgan fingerprint density at radius 1 is 1.31 bits per heavy atom. The van der Waals surface area contributed by atoms with Gasteiger partial charge in [-0.3, -0.25) is 4.21 Å². The smallest absolute Gasteiger partial charge is 0.150 e. The number of nitrogen functional groups attached to an aromatic ring is 1. The Kier molecular flexibility index (Phi) is 4.49. The fraction of sp³-hybridized carbons (Fsp3) is 0.400. The topological polar surface area (TPSA) is 77.2 Å². The van der Waals surface area contributed by atoms with Crippen molar-refractivity contribution >= 4 is 26.3 Å². The molecule has 2 N–H and O–H groups in total. The minimum absolute atomic E-state index is 0.0650. The van der Waals surface area contributed by atoms with Crippen LogP contribution in [0.3, 0.4) is 0 Å². The standard InChI is InChI=1S/C10H15NO3S2/c1-2-16(13,14)8-7-15(12)10-6-4-3-5-9(10)11/h3-6H,2,7-8,11H2,1H3. The Labute approximate surface area is 98.2 Å². The molecule has 0 fully saturated rings. The average Bonchev–Trinajstić information content (AvgIpc) is 2.27. The maximum Gasteiger partial charge on any atom is 0.150 e. The molecule has 1 aromatic carbocycles. The first-order valence-corrected chi connectivity index (χ1v) is 8.03. The fourth-order valence-electron chi connectivity index (χ4n) is 1.14. The summed E-state index contributed by atoms with van der Waals surface area (Å²) < 4.78 is 34.3. The Morgan fingerprint density at radius 2 is 1.94 bits per heavy atom. The third-order valence-corrected chi connectivity index (χ3v) is 5.59. The lowest BCUT2D eigenvalue weighted by Gasteiger charge is -2.05. The summed E-state index contributed by atoms with van der Waals surface area (Å²) in [5.41, 5.74) is 6.09. The molecule has 1 rings (SSSR count). The molecule has 0 aromatic heterocycles. The van der Waals surface area contributed by atoms with E-state index >= 15 is 0 Å². The monoisotopic (exact) mass is 261 g/mol. The van der Waals surface area contributed by atoms with Crippen LogP contribution in [-0.2, 0) is 20.6 Å². The summed E-state index contributed by atoms with van der Waals surface area (Å²) >= 11 is 0. The molecule has 0 heterocycles. The van der Waals surface area contributed by atoms with Crippen LogP contribution in [0, 0.1) is 0 Å². The average molecular weight is 261 g/mol. The van der Waals surface area contributed by atoms with Crippen LogP contribution in [0.4, 0.5) is 5.69 Å². The van der Waals surface area contributed by atoms with Gasteiger partial charge in [0.2, 0.25) is 0 Å². The summed E-state index contributed by atoms with van der Waals surface area (Å²) in [6, 6.07) is 6.79. The van der Waals surface area contributed by atoms with E-state index in [2.05, 4.69) is 0 Å². The highest BCUT2D eigenvalue weighted by atomic mass is 32.2. The Hall–Kier alpha value is -0.880. The lowest BCUT2D eigenvalue weighted by atomic mass is 10.3. The van der Waals surface area contributed by atoms with Crippen molar-refractivity contribution in [2.75, 3.05) is 23.0 Å². The first kappa shape index (κ1) is 13.2. The SMILES string of the molecule is CCS(=O)(=O)CCS(=O)c1ccccc1N. The zero-order chi connectivity index (χ0) is 12.2. The normalized spacial score (nSPS) is 13.6. The van der Waals surface area contributed by atoms with Crippen LogP contribution in [-0.4, -0.2) is 29.9 Å². The van der Waals surface area contributed by atoms with Gasteiger partial charge in [0.25, 0.3) is 0 Å². The first-order valence-electron chi connectivity index (χ1n) is 4.89. The number of rotatable bonds is 5. The molecule has 0 bridgehead atoms. The summed E-state index contributed by atoms with van der Waals surface area (Å²) in [6.45, 7) is 1.58. The molecule has 6 heteroatoms. The molecule has 1 unspecified atom stereocenters. The molecular formula is C10H15NO3S2. The molecule has 0 radical (unpaired) electrons. The third kappa shape index (κ3) is 3.61. The van der Waals surface area contributed by atoms with Crippen molar-refractivity contribution in [2.45, 2.75) is 11.8 Å². The van der Waals surface area contributed by atoms with E-state index in [4.69, 9.17) is 5.73 Å². The van der Waals surface area contributed by atoms with Crippen LogP contribution in [0.25, 0.3) is 0 Å². The van der Waals surface area contributed by atoms with Gasteiger partial charge in [-0.1, -0.05) is 19.1 Å². The van der Waals surface area contributed by atoms with Gasteiger partial charge in [-0.05, 0) is 12.1 Å². The van der Waals surface area contributed by atoms with Crippen LogP contribution in [0.2, 0.25) is 0 Å². The van der Waals surface area contributed by atoms with E-state index in [1.807, 2.05) is 0 Å². The van der Waals surface area contributed by atoms with Gasteiger partial charge in [-0.15, -0.1) is 0 Å². The van der Waals surface area contributed by atoms with E-state index in [-0.39, 0.29) is 17.3 Å². The van der Waals surface area contributed by atoms with Gasteiger partial charge in [0.15, 0.2) is 9.84 Å². The number of anilines is 1. The van der Waals surface area contributed by atoms with E-state index in [9.17, 15) is 12.6 Å². The summed E-state index contributed by atoms with van der Waals surface area (Å²) in [7, 11) is -4.42. The van der Waals surface area contributed by atoms with Crippen molar-refractivity contribution in [1.82, 2.24) is 0 Å². The highest BCUT2D eigenvalue weighted by Crippen LogP contribution is 2.15. The summed E-state index contributed by atoms with van der Waals surface area (Å²) in [4.78, 5) is 0.508. The number of hydrogen-bond acceptors (Lipinski definition) is 4. The maximum atomic E-state index is 11.8. The van der Waals surface area contributed by atoms with Crippen molar-refractivity contribution in [3.8, 4) is 0 Å². The van der Waals surface area contributed by atoms with Gasteiger partial charge in [0.05, 0.1) is 21.4 Å². The molecule has 0 saturated heterocycles. The van der Waals surface area contributed by atoms with Gasteiger partial charge >= 0.3 is 0 Å². The van der Waals surface area contributed by atoms with E-state index in [1.165, 1.54) is 0 Å². The molecule has 16 heavy (non-hydrogen) atoms. The van der Waals surface area contributed by atoms with Gasteiger partial charge < -0.3 is 5.73 Å². The van der Waals surface area contributed by atoms with Crippen LogP contribution in [0.5, 0.6) is 0 Å². The first-order chi connectivity index (χ1) is 7.46. The lowest BCUT2D eigenvalue weighted by Crippen LogP contribution is -2.15. The van der Waals surface area contributed by atoms with Crippen molar-refractivity contribution in [3.63, 3.8) is 0 Å². The van der Waals surface area contributed by atoms with Crippen molar-refractivity contribution in [3.05, 3.63) is 24.3 Å². The molecule has 0 aliphatic carbocycles. The minimum Gasteiger partial charge on any atom is -0.398 e. The minimum atomic E-state index is -3.07. The molecule has 0 aliphatic heterocycles. The lowest BCUT2D eigenvalue weighted by molar-refractivity contribution is 0.598. The molecule has 0 amide bonds. The van der Waals surface area contributed by atoms with E-state index < -0.39 is 20.6 Å². The predicted molar refractivity (Wildman–Crippen MR) is 66.5 cm³/mol. The largest absolute Gasteiger partial charge is 0.398 e. The molecule has 0 aliphatic rings. The van der Waals surface area contributed by atoms with Gasteiger partial charge in [0.1, 0.15) is 0 Å². The van der Waals surface area contributed by atoms with Crippen molar-refractivity contribution in [1.29, 1.82) is 0 Å². The number of benzene rings is 1. The van der Waals surface area contributed by atoms with Crippen LogP contribution in [0.1, 0.15) is 6.92 Å². The van der Waals surface area contributed by atoms with E-state index in [1.54, 1.807) is 31.2 Å². The van der Waals surface area contributed by atoms with Crippen LogP contribution >= 0.6 is 0 Å². The maximum absolute atomic E-state index is 11.8. The second-order valence-corrected chi connectivity index (χ2v) is 7.34. The van der Waals surface area contributed by atoms with E-state index in [0.717, 1.165) is 0 Å². The molecular weight excluding hydrogens is 246 g/mol. The summed E-state index contributed by atoms with van der Waals surface area (Å²) in [6.07, 6.45) is 0. The quantitative estimate of drug-likeness (QED) is 0.796. The second-order valence-electron chi connectivity index (χ2n) is 3.32. The van der Waals surface area contributed by atoms with Crippen LogP contribution < -0.4 is 5.73 Å². The number of hydrogen-bond donors (Lipinski definition) is 1. The zero-order valence-electron chi connectivity index (χ0n) is 9.05. The highest BCUT2D eigenvalue weighted by molar-refractivity contribution is 7.93. The van der Waals surface area contributed by atoms with Gasteiger partial charge in [0, 0.05) is 17.2 Å². The van der Waals surface area contributed by atoms with Crippen molar-refractivity contribution < 1.29 is 12.6 Å². The number of nitrogens with two attached hydrogens (primary N) is 1. The Bertz CT molecular complexity index is 483. The van der Waals surface area contributed by atoms with Crippen molar-refractivity contribution in [2.24, 2.45) is 0 Å². The second kappa shape index (κ2) is 5.45.